The molecule has 6 heteroatoms. The molecule has 0 aromatic rings. The van der Waals surface area contributed by atoms with Gasteiger partial charge in [-0.1, -0.05) is 0 Å². The quantitative estimate of drug-likeness (QED) is 0.512. The van der Waals surface area contributed by atoms with E-state index in [1.54, 1.807) is 0 Å². The Kier molecular flexibility index (Phi) is 1.44. The minimum absolute atomic E-state index is 0.0810. The maximum atomic E-state index is 10.3. The summed E-state index contributed by atoms with van der Waals surface area (Å²) in [5.74, 6) is -0.416. The van der Waals surface area contributed by atoms with Crippen LogP contribution in [0.3, 0.4) is 0 Å². The summed E-state index contributed by atoms with van der Waals surface area (Å²) in [4.78, 5) is 20.4. The highest BCUT2D eigenvalue weighted by atomic mass is 16.2. The fourth-order valence-corrected chi connectivity index (χ4v) is 0.465. The van der Waals surface area contributed by atoms with Gasteiger partial charge in [0.25, 0.3) is 5.91 Å². The van der Waals surface area contributed by atoms with Crippen molar-refractivity contribution in [2.45, 2.75) is 0 Å². The molecule has 3 N–H and O–H groups in total. The van der Waals surface area contributed by atoms with Crippen LogP contribution in [0.25, 0.3) is 0 Å². The molecule has 0 aliphatic carbocycles. The van der Waals surface area contributed by atoms with E-state index < -0.39 is 11.9 Å². The molecule has 0 saturated carbocycles. The second kappa shape index (κ2) is 2.26. The summed E-state index contributed by atoms with van der Waals surface area (Å²) < 4.78 is 0. The lowest BCUT2D eigenvalue weighted by atomic mass is 10.5. The standard InChI is InChI=1S/C4H4N4O2/c5-4(10)6-2-1-3(9)8-7-2/h1H,(H3,5,6,10). The van der Waals surface area contributed by atoms with Crippen molar-refractivity contribution in [3.8, 4) is 0 Å². The lowest BCUT2D eigenvalue weighted by Gasteiger charge is -1.92. The van der Waals surface area contributed by atoms with Crippen LogP contribution < -0.4 is 11.1 Å². The molecule has 0 fully saturated rings. The number of hydrogen-bond donors (Lipinski definition) is 2. The van der Waals surface area contributed by atoms with Crippen LogP contribution >= 0.6 is 0 Å². The van der Waals surface area contributed by atoms with Gasteiger partial charge in [-0.15, -0.1) is 10.2 Å². The maximum Gasteiger partial charge on any atom is 0.317 e. The highest BCUT2D eigenvalue weighted by Crippen LogP contribution is 2.01. The van der Waals surface area contributed by atoms with E-state index >= 15 is 0 Å². The van der Waals surface area contributed by atoms with E-state index in [1.807, 2.05) is 0 Å². The van der Waals surface area contributed by atoms with Gasteiger partial charge in [-0.3, -0.25) is 10.1 Å². The number of hydrogen-bond acceptors (Lipinski definition) is 3. The van der Waals surface area contributed by atoms with Crippen LogP contribution in [0.2, 0.25) is 0 Å². The van der Waals surface area contributed by atoms with Crippen LogP contribution in [0, 0.1) is 0 Å². The summed E-state index contributed by atoms with van der Waals surface area (Å²) in [5.41, 5.74) is 4.71. The lowest BCUT2D eigenvalue weighted by Crippen LogP contribution is -2.27. The molecule has 0 radical (unpaired) electrons. The predicted octanol–water partition coefficient (Wildman–Crippen LogP) is -0.512. The monoisotopic (exact) mass is 140 g/mol. The molecule has 0 spiro atoms. The molecule has 10 heavy (non-hydrogen) atoms. The molecule has 0 aromatic carbocycles. The first-order valence-corrected chi connectivity index (χ1v) is 2.42. The number of carbonyl (C=O) groups excluding carboxylic acids is 2. The number of urea groups is 1. The van der Waals surface area contributed by atoms with Crippen LogP contribution in [-0.2, 0) is 4.79 Å². The number of rotatable bonds is 1. The van der Waals surface area contributed by atoms with Gasteiger partial charge in [0.15, 0.2) is 5.82 Å². The zero-order valence-electron chi connectivity index (χ0n) is 4.87. The van der Waals surface area contributed by atoms with E-state index in [9.17, 15) is 9.59 Å². The summed E-state index contributed by atoms with van der Waals surface area (Å²) >= 11 is 0. The average molecular weight is 140 g/mol. The second-order valence-electron chi connectivity index (χ2n) is 1.56. The van der Waals surface area contributed by atoms with Crippen molar-refractivity contribution in [1.82, 2.24) is 5.32 Å². The fourth-order valence-electron chi connectivity index (χ4n) is 0.465. The van der Waals surface area contributed by atoms with E-state index in [0.29, 0.717) is 0 Å². The third kappa shape index (κ3) is 1.38. The zero-order chi connectivity index (χ0) is 7.56. The third-order valence-corrected chi connectivity index (χ3v) is 0.768. The third-order valence-electron chi connectivity index (χ3n) is 0.768. The van der Waals surface area contributed by atoms with Crippen molar-refractivity contribution in [2.75, 3.05) is 0 Å². The second-order valence-corrected chi connectivity index (χ2v) is 1.56. The van der Waals surface area contributed by atoms with Crippen molar-refractivity contribution >= 4 is 11.9 Å². The van der Waals surface area contributed by atoms with Crippen LogP contribution in [0.1, 0.15) is 0 Å². The summed E-state index contributed by atoms with van der Waals surface area (Å²) in [6.07, 6.45) is 1.07. The SMILES string of the molecule is NC(=O)NC1=CC(=O)N=N1. The van der Waals surface area contributed by atoms with E-state index in [2.05, 4.69) is 15.5 Å². The van der Waals surface area contributed by atoms with Crippen LogP contribution in [0.5, 0.6) is 0 Å². The number of nitrogens with one attached hydrogen (secondary N) is 1. The molecular formula is C4H4N4O2. The van der Waals surface area contributed by atoms with Gasteiger partial charge in [0, 0.05) is 0 Å². The molecule has 0 atom stereocenters. The highest BCUT2D eigenvalue weighted by Gasteiger charge is 2.08. The van der Waals surface area contributed by atoms with Crippen molar-refractivity contribution in [3.05, 3.63) is 11.9 Å². The highest BCUT2D eigenvalue weighted by molar-refractivity contribution is 5.91. The topological polar surface area (TPSA) is 96.9 Å². The Morgan fingerprint density at radius 1 is 1.60 bits per heavy atom. The first-order valence-electron chi connectivity index (χ1n) is 2.42. The molecule has 6 nitrogen and oxygen atoms in total. The molecule has 0 saturated heterocycles. The first-order chi connectivity index (χ1) is 4.68. The molecule has 3 amide bonds. The minimum atomic E-state index is -0.764. The van der Waals surface area contributed by atoms with Crippen LogP contribution in [0.4, 0.5) is 4.79 Å². The Hall–Kier alpha value is -1.72. The number of amides is 3. The smallest absolute Gasteiger partial charge is 0.317 e. The van der Waals surface area contributed by atoms with Gasteiger partial charge in [0.1, 0.15) is 0 Å². The summed E-state index contributed by atoms with van der Waals surface area (Å²) in [5, 5.41) is 8.47. The number of nitrogens with zero attached hydrogens (tertiary/aromatic N) is 2. The van der Waals surface area contributed by atoms with Gasteiger partial charge in [0.2, 0.25) is 0 Å². The Labute approximate surface area is 55.8 Å². The van der Waals surface area contributed by atoms with Crippen LogP contribution in [0.15, 0.2) is 22.1 Å². The molecule has 1 rings (SSSR count). The lowest BCUT2D eigenvalue weighted by molar-refractivity contribution is -0.113. The molecule has 52 valence electrons. The fraction of sp³-hybridized carbons (Fsp3) is 0. The van der Waals surface area contributed by atoms with Crippen molar-refractivity contribution in [1.29, 1.82) is 0 Å². The van der Waals surface area contributed by atoms with Crippen molar-refractivity contribution in [3.63, 3.8) is 0 Å². The molecule has 0 unspecified atom stereocenters. The van der Waals surface area contributed by atoms with Gasteiger partial charge in [0.05, 0.1) is 6.08 Å². The number of carbonyl (C=O) groups is 2. The van der Waals surface area contributed by atoms with Gasteiger partial charge >= 0.3 is 6.03 Å². The summed E-state index contributed by atoms with van der Waals surface area (Å²) in [6.45, 7) is 0. The molecule has 1 aliphatic rings. The molecule has 0 bridgehead atoms. The van der Waals surface area contributed by atoms with Crippen molar-refractivity contribution in [2.24, 2.45) is 16.0 Å². The minimum Gasteiger partial charge on any atom is -0.351 e. The molecule has 0 aromatic heterocycles. The molecular weight excluding hydrogens is 136 g/mol. The number of primary amides is 1. The number of azo groups is 1. The van der Waals surface area contributed by atoms with E-state index in [1.165, 1.54) is 0 Å². The van der Waals surface area contributed by atoms with Crippen LogP contribution in [-0.4, -0.2) is 11.9 Å². The van der Waals surface area contributed by atoms with Gasteiger partial charge in [-0.25, -0.2) is 4.79 Å². The van der Waals surface area contributed by atoms with Gasteiger partial charge in [-0.2, -0.15) is 0 Å². The Morgan fingerprint density at radius 3 is 2.70 bits per heavy atom. The average Bonchev–Trinajstić information content (AvgIpc) is 2.13. The first kappa shape index (κ1) is 6.40. The Morgan fingerprint density at radius 2 is 2.30 bits per heavy atom. The summed E-state index contributed by atoms with van der Waals surface area (Å²) in [7, 11) is 0. The zero-order valence-corrected chi connectivity index (χ0v) is 4.87. The van der Waals surface area contributed by atoms with Crippen molar-refractivity contribution < 1.29 is 9.59 Å². The van der Waals surface area contributed by atoms with E-state index in [4.69, 9.17) is 5.73 Å². The van der Waals surface area contributed by atoms with Gasteiger partial charge < -0.3 is 5.73 Å². The maximum absolute atomic E-state index is 10.3. The molecule has 1 aliphatic heterocycles. The Balaban J connectivity index is 2.60. The predicted molar refractivity (Wildman–Crippen MR) is 30.7 cm³/mol. The normalized spacial score (nSPS) is 15.2. The van der Waals surface area contributed by atoms with E-state index in [-0.39, 0.29) is 5.82 Å². The van der Waals surface area contributed by atoms with Gasteiger partial charge in [-0.05, 0) is 0 Å². The molecule has 1 heterocycles. The largest absolute Gasteiger partial charge is 0.351 e. The van der Waals surface area contributed by atoms with E-state index in [0.717, 1.165) is 6.08 Å². The number of nitrogens with two attached hydrogens (primary N) is 1. The summed E-state index contributed by atoms with van der Waals surface area (Å²) in [6, 6.07) is -0.764. The Bertz CT molecular complexity index is 242.